The summed E-state index contributed by atoms with van der Waals surface area (Å²) in [5, 5.41) is 5.34. The van der Waals surface area contributed by atoms with E-state index in [1.807, 2.05) is 51.1 Å². The Kier molecular flexibility index (Phi) is 5.76. The number of nitrogens with one attached hydrogen (secondary N) is 2. The van der Waals surface area contributed by atoms with Crippen molar-refractivity contribution >= 4 is 45.8 Å². The van der Waals surface area contributed by atoms with Crippen LogP contribution in [0.5, 0.6) is 0 Å². The number of amides is 2. The number of anilines is 2. The predicted octanol–water partition coefficient (Wildman–Crippen LogP) is 4.30. The molecule has 0 atom stereocenters. The zero-order valence-corrected chi connectivity index (χ0v) is 15.5. The highest BCUT2D eigenvalue weighted by Crippen LogP contribution is 2.23. The first-order chi connectivity index (χ1) is 10.9. The van der Waals surface area contributed by atoms with E-state index in [1.165, 1.54) is 0 Å². The molecule has 0 aliphatic rings. The number of halogens is 1. The molecule has 2 amide bonds. The van der Waals surface area contributed by atoms with E-state index in [4.69, 9.17) is 0 Å². The molecule has 0 aromatic heterocycles. The van der Waals surface area contributed by atoms with Gasteiger partial charge in [0, 0.05) is 14.9 Å². The van der Waals surface area contributed by atoms with Gasteiger partial charge in [0.15, 0.2) is 0 Å². The largest absolute Gasteiger partial charge is 0.318 e. The lowest BCUT2D eigenvalue weighted by Gasteiger charge is -2.14. The fourth-order valence-electron chi connectivity index (χ4n) is 2.24. The van der Waals surface area contributed by atoms with Gasteiger partial charge in [-0.05, 0) is 70.8 Å². The molecule has 4 nitrogen and oxygen atoms in total. The molecule has 120 valence electrons. The highest BCUT2D eigenvalue weighted by atomic mass is 127. The average molecular weight is 422 g/mol. The van der Waals surface area contributed by atoms with Crippen LogP contribution < -0.4 is 10.6 Å². The molecule has 2 aromatic carbocycles. The van der Waals surface area contributed by atoms with E-state index in [2.05, 4.69) is 33.2 Å². The molecule has 0 aliphatic carbocycles. The fraction of sp³-hybridized carbons (Fsp3) is 0.222. The molecule has 0 aliphatic heterocycles. The summed E-state index contributed by atoms with van der Waals surface area (Å²) in [5.74, 6) is -1.09. The van der Waals surface area contributed by atoms with Gasteiger partial charge in [0.1, 0.15) is 0 Å². The molecule has 23 heavy (non-hydrogen) atoms. The number of hydrogen-bond acceptors (Lipinski definition) is 2. The number of benzene rings is 2. The summed E-state index contributed by atoms with van der Waals surface area (Å²) in [6, 6.07) is 13.1. The molecule has 0 heterocycles. The van der Waals surface area contributed by atoms with Crippen molar-refractivity contribution < 1.29 is 9.59 Å². The van der Waals surface area contributed by atoms with Crippen molar-refractivity contribution in [2.45, 2.75) is 26.7 Å². The minimum Gasteiger partial charge on any atom is -0.318 e. The minimum atomic E-state index is -0.673. The maximum atomic E-state index is 12.1. The molecule has 2 rings (SSSR count). The van der Waals surface area contributed by atoms with Gasteiger partial charge in [0.05, 0.1) is 0 Å². The molecule has 2 N–H and O–H groups in total. The summed E-state index contributed by atoms with van der Waals surface area (Å²) < 4.78 is 1.08. The van der Waals surface area contributed by atoms with Gasteiger partial charge in [-0.15, -0.1) is 0 Å². The Morgan fingerprint density at radius 3 is 2.17 bits per heavy atom. The van der Waals surface area contributed by atoms with E-state index in [-0.39, 0.29) is 5.92 Å². The maximum absolute atomic E-state index is 12.1. The molecule has 0 radical (unpaired) electrons. The van der Waals surface area contributed by atoms with E-state index in [9.17, 15) is 9.59 Å². The van der Waals surface area contributed by atoms with Crippen molar-refractivity contribution in [2.24, 2.45) is 0 Å². The second-order valence-corrected chi connectivity index (χ2v) is 6.86. The second-order valence-electron chi connectivity index (χ2n) is 5.61. The van der Waals surface area contributed by atoms with Crippen LogP contribution >= 0.6 is 22.6 Å². The summed E-state index contributed by atoms with van der Waals surface area (Å²) in [6.45, 7) is 5.98. The Balaban J connectivity index is 2.10. The number of para-hydroxylation sites is 1. The predicted molar refractivity (Wildman–Crippen MR) is 102 cm³/mol. The number of hydrogen-bond donors (Lipinski definition) is 2. The lowest BCUT2D eigenvalue weighted by Crippen LogP contribution is -2.29. The molecule has 0 spiro atoms. The summed E-state index contributed by atoms with van der Waals surface area (Å²) >= 11 is 2.20. The molecule has 5 heteroatoms. The highest BCUT2D eigenvalue weighted by Gasteiger charge is 2.17. The van der Waals surface area contributed by atoms with Crippen molar-refractivity contribution in [2.75, 3.05) is 10.6 Å². The van der Waals surface area contributed by atoms with Gasteiger partial charge in [-0.25, -0.2) is 0 Å². The summed E-state index contributed by atoms with van der Waals surface area (Å²) in [5.41, 5.74) is 3.23. The highest BCUT2D eigenvalue weighted by molar-refractivity contribution is 14.1. The van der Waals surface area contributed by atoms with Crippen molar-refractivity contribution in [3.05, 3.63) is 57.2 Å². The van der Waals surface area contributed by atoms with Crippen LogP contribution in [0.4, 0.5) is 11.4 Å². The quantitative estimate of drug-likeness (QED) is 0.573. The number of aryl methyl sites for hydroxylation is 1. The Bertz CT molecular complexity index is 742. The lowest BCUT2D eigenvalue weighted by atomic mass is 10.0. The summed E-state index contributed by atoms with van der Waals surface area (Å²) in [6.07, 6.45) is 0. The smallest absolute Gasteiger partial charge is 0.314 e. The third-order valence-corrected chi connectivity index (χ3v) is 4.14. The molecule has 0 saturated heterocycles. The van der Waals surface area contributed by atoms with Crippen molar-refractivity contribution in [1.82, 2.24) is 0 Å². The first-order valence-corrected chi connectivity index (χ1v) is 8.43. The summed E-state index contributed by atoms with van der Waals surface area (Å²) in [7, 11) is 0. The number of carbonyl (C=O) groups excluding carboxylic acids is 2. The Morgan fingerprint density at radius 1 is 0.957 bits per heavy atom. The van der Waals surface area contributed by atoms with E-state index >= 15 is 0 Å². The zero-order valence-electron chi connectivity index (χ0n) is 13.3. The monoisotopic (exact) mass is 422 g/mol. The van der Waals surface area contributed by atoms with Gasteiger partial charge in [-0.3, -0.25) is 9.59 Å². The first-order valence-electron chi connectivity index (χ1n) is 7.36. The van der Waals surface area contributed by atoms with Gasteiger partial charge >= 0.3 is 11.8 Å². The van der Waals surface area contributed by atoms with Gasteiger partial charge in [-0.2, -0.15) is 0 Å². The lowest BCUT2D eigenvalue weighted by molar-refractivity contribution is -0.133. The van der Waals surface area contributed by atoms with E-state index in [1.54, 1.807) is 12.1 Å². The van der Waals surface area contributed by atoms with Crippen LogP contribution in [0.3, 0.4) is 0 Å². The van der Waals surface area contributed by atoms with Crippen LogP contribution in [0, 0.1) is 10.5 Å². The van der Waals surface area contributed by atoms with E-state index in [0.29, 0.717) is 11.4 Å². The van der Waals surface area contributed by atoms with Crippen LogP contribution in [0.1, 0.15) is 30.9 Å². The van der Waals surface area contributed by atoms with Gasteiger partial charge < -0.3 is 10.6 Å². The van der Waals surface area contributed by atoms with Crippen LogP contribution in [-0.2, 0) is 9.59 Å². The molecule has 0 fully saturated rings. The normalized spacial score (nSPS) is 10.5. The fourth-order valence-corrected chi connectivity index (χ4v) is 2.89. The van der Waals surface area contributed by atoms with E-state index < -0.39 is 11.8 Å². The molecular weight excluding hydrogens is 403 g/mol. The third kappa shape index (κ3) is 4.54. The Hall–Kier alpha value is -1.89. The average Bonchev–Trinajstić information content (AvgIpc) is 2.50. The SMILES string of the molecule is Cc1cc(I)ccc1NC(=O)C(=O)Nc1ccccc1C(C)C. The number of carbonyl (C=O) groups is 2. The second kappa shape index (κ2) is 7.59. The van der Waals surface area contributed by atoms with Crippen molar-refractivity contribution in [1.29, 1.82) is 0 Å². The topological polar surface area (TPSA) is 58.2 Å². The molecule has 0 unspecified atom stereocenters. The van der Waals surface area contributed by atoms with Crippen LogP contribution in [-0.4, -0.2) is 11.8 Å². The molecule has 2 aromatic rings. The third-order valence-electron chi connectivity index (χ3n) is 3.47. The van der Waals surface area contributed by atoms with Gasteiger partial charge in [0.2, 0.25) is 0 Å². The van der Waals surface area contributed by atoms with Gasteiger partial charge in [-0.1, -0.05) is 32.0 Å². The first kappa shape index (κ1) is 17.5. The van der Waals surface area contributed by atoms with Crippen molar-refractivity contribution in [3.63, 3.8) is 0 Å². The van der Waals surface area contributed by atoms with Gasteiger partial charge in [0.25, 0.3) is 0 Å². The molecular formula is C18H19IN2O2. The molecule has 0 saturated carbocycles. The van der Waals surface area contributed by atoms with Crippen LogP contribution in [0.25, 0.3) is 0 Å². The standard InChI is InChI=1S/C18H19IN2O2/c1-11(2)14-6-4-5-7-16(14)21-18(23)17(22)20-15-9-8-13(19)10-12(15)3/h4-11H,1-3H3,(H,20,22)(H,21,23). The Morgan fingerprint density at radius 2 is 1.57 bits per heavy atom. The van der Waals surface area contributed by atoms with Crippen LogP contribution in [0.2, 0.25) is 0 Å². The maximum Gasteiger partial charge on any atom is 0.314 e. The number of rotatable bonds is 3. The van der Waals surface area contributed by atoms with E-state index in [0.717, 1.165) is 14.7 Å². The summed E-state index contributed by atoms with van der Waals surface area (Å²) in [4.78, 5) is 24.3. The Labute approximate surface area is 149 Å². The van der Waals surface area contributed by atoms with Crippen LogP contribution in [0.15, 0.2) is 42.5 Å². The molecule has 0 bridgehead atoms. The minimum absolute atomic E-state index is 0.257. The van der Waals surface area contributed by atoms with Crippen molar-refractivity contribution in [3.8, 4) is 0 Å². The zero-order chi connectivity index (χ0) is 17.0.